The second-order valence-electron chi connectivity index (χ2n) is 4.62. The number of benzene rings is 1. The van der Waals surface area contributed by atoms with Gasteiger partial charge in [0.15, 0.2) is 0 Å². The number of carboxylic acid groups (broad SMARTS) is 1. The van der Waals surface area contributed by atoms with E-state index in [1.165, 1.54) is 0 Å². The fourth-order valence-corrected chi connectivity index (χ4v) is 1.22. The van der Waals surface area contributed by atoms with Crippen molar-refractivity contribution >= 4 is 17.7 Å². The van der Waals surface area contributed by atoms with Crippen LogP contribution in [0.4, 0.5) is 14.9 Å². The average molecular weight is 255 g/mol. The number of halogens is 1. The van der Waals surface area contributed by atoms with Crippen LogP contribution in [-0.2, 0) is 4.74 Å². The normalized spacial score (nSPS) is 10.9. The van der Waals surface area contributed by atoms with Gasteiger partial charge in [-0.25, -0.2) is 14.0 Å². The molecule has 0 spiro atoms. The maximum atomic E-state index is 13.0. The minimum atomic E-state index is -1.26. The van der Waals surface area contributed by atoms with E-state index in [9.17, 15) is 14.0 Å². The number of hydrogen-bond donors (Lipinski definition) is 2. The van der Waals surface area contributed by atoms with E-state index in [0.717, 1.165) is 18.2 Å². The third-order valence-electron chi connectivity index (χ3n) is 1.85. The molecule has 2 N–H and O–H groups in total. The van der Waals surface area contributed by atoms with Crippen molar-refractivity contribution in [2.24, 2.45) is 0 Å². The maximum Gasteiger partial charge on any atom is 0.412 e. The van der Waals surface area contributed by atoms with Gasteiger partial charge in [0.05, 0.1) is 11.3 Å². The van der Waals surface area contributed by atoms with Gasteiger partial charge in [-0.3, -0.25) is 5.32 Å². The van der Waals surface area contributed by atoms with Crippen LogP contribution >= 0.6 is 0 Å². The lowest BCUT2D eigenvalue weighted by molar-refractivity contribution is 0.0636. The molecule has 1 rings (SSSR count). The third-order valence-corrected chi connectivity index (χ3v) is 1.85. The van der Waals surface area contributed by atoms with Gasteiger partial charge in [-0.2, -0.15) is 0 Å². The standard InChI is InChI=1S/C12H14FNO4/c1-12(2,3)18-11(17)14-9-6-7(13)4-5-8(9)10(15)16/h4-6H,1-3H3,(H,14,17)(H,15,16). The van der Waals surface area contributed by atoms with E-state index < -0.39 is 23.5 Å². The highest BCUT2D eigenvalue weighted by atomic mass is 19.1. The molecule has 98 valence electrons. The lowest BCUT2D eigenvalue weighted by Gasteiger charge is -2.20. The summed E-state index contributed by atoms with van der Waals surface area (Å²) in [6.45, 7) is 4.99. The molecule has 0 unspecified atom stereocenters. The number of aromatic carboxylic acids is 1. The number of amides is 1. The van der Waals surface area contributed by atoms with Gasteiger partial charge in [0.1, 0.15) is 11.4 Å². The minimum Gasteiger partial charge on any atom is -0.478 e. The molecule has 0 heterocycles. The predicted molar refractivity (Wildman–Crippen MR) is 63.2 cm³/mol. The van der Waals surface area contributed by atoms with Crippen LogP contribution in [0.3, 0.4) is 0 Å². The van der Waals surface area contributed by atoms with Gasteiger partial charge in [-0.15, -0.1) is 0 Å². The average Bonchev–Trinajstić information content (AvgIpc) is 2.13. The highest BCUT2D eigenvalue weighted by Crippen LogP contribution is 2.18. The SMILES string of the molecule is CC(C)(C)OC(=O)Nc1cc(F)ccc1C(=O)O. The number of rotatable bonds is 2. The second-order valence-corrected chi connectivity index (χ2v) is 4.62. The first-order valence-electron chi connectivity index (χ1n) is 5.22. The molecular weight excluding hydrogens is 241 g/mol. The summed E-state index contributed by atoms with van der Waals surface area (Å²) < 4.78 is 18.0. The van der Waals surface area contributed by atoms with E-state index in [1.54, 1.807) is 20.8 Å². The first kappa shape index (κ1) is 14.0. The van der Waals surface area contributed by atoms with Crippen LogP contribution in [-0.4, -0.2) is 22.8 Å². The van der Waals surface area contributed by atoms with Crippen molar-refractivity contribution in [3.05, 3.63) is 29.6 Å². The van der Waals surface area contributed by atoms with Crippen molar-refractivity contribution in [1.29, 1.82) is 0 Å². The van der Waals surface area contributed by atoms with Crippen molar-refractivity contribution in [1.82, 2.24) is 0 Å². The molecule has 1 aromatic rings. The first-order chi connectivity index (χ1) is 8.19. The highest BCUT2D eigenvalue weighted by Gasteiger charge is 2.19. The molecule has 0 atom stereocenters. The van der Waals surface area contributed by atoms with Gasteiger partial charge < -0.3 is 9.84 Å². The van der Waals surface area contributed by atoms with Crippen LogP contribution in [0.2, 0.25) is 0 Å². The molecule has 1 aromatic carbocycles. The quantitative estimate of drug-likeness (QED) is 0.852. The monoisotopic (exact) mass is 255 g/mol. The van der Waals surface area contributed by atoms with E-state index in [0.29, 0.717) is 0 Å². The van der Waals surface area contributed by atoms with Crippen LogP contribution in [0.25, 0.3) is 0 Å². The Balaban J connectivity index is 2.93. The molecule has 5 nitrogen and oxygen atoms in total. The molecule has 0 radical (unpaired) electrons. The smallest absolute Gasteiger partial charge is 0.412 e. The van der Waals surface area contributed by atoms with Crippen molar-refractivity contribution in [3.8, 4) is 0 Å². The zero-order chi connectivity index (χ0) is 13.9. The molecule has 18 heavy (non-hydrogen) atoms. The lowest BCUT2D eigenvalue weighted by Crippen LogP contribution is -2.27. The molecule has 6 heteroatoms. The number of carbonyl (C=O) groups is 2. The molecule has 0 saturated carbocycles. The molecule has 0 aromatic heterocycles. The Morgan fingerprint density at radius 2 is 1.94 bits per heavy atom. The van der Waals surface area contributed by atoms with Crippen LogP contribution in [0.5, 0.6) is 0 Å². The van der Waals surface area contributed by atoms with Gasteiger partial charge in [0, 0.05) is 0 Å². The lowest BCUT2D eigenvalue weighted by atomic mass is 10.1. The Kier molecular flexibility index (Phi) is 3.90. The van der Waals surface area contributed by atoms with E-state index in [1.807, 2.05) is 0 Å². The highest BCUT2D eigenvalue weighted by molar-refractivity contribution is 5.98. The zero-order valence-corrected chi connectivity index (χ0v) is 10.3. The molecule has 0 bridgehead atoms. The summed E-state index contributed by atoms with van der Waals surface area (Å²) in [6.07, 6.45) is -0.837. The summed E-state index contributed by atoms with van der Waals surface area (Å²) in [5.41, 5.74) is -1.07. The van der Waals surface area contributed by atoms with Crippen molar-refractivity contribution < 1.29 is 23.8 Å². The molecule has 1 amide bonds. The number of carboxylic acids is 1. The van der Waals surface area contributed by atoms with Crippen LogP contribution < -0.4 is 5.32 Å². The molecule has 0 fully saturated rings. The number of nitrogens with one attached hydrogen (secondary N) is 1. The number of ether oxygens (including phenoxy) is 1. The predicted octanol–water partition coefficient (Wildman–Crippen LogP) is 2.87. The summed E-state index contributed by atoms with van der Waals surface area (Å²) in [6, 6.07) is 3.00. The fourth-order valence-electron chi connectivity index (χ4n) is 1.22. The fraction of sp³-hybridized carbons (Fsp3) is 0.333. The number of anilines is 1. The Morgan fingerprint density at radius 3 is 2.44 bits per heavy atom. The summed E-state index contributed by atoms with van der Waals surface area (Å²) in [7, 11) is 0. The van der Waals surface area contributed by atoms with Crippen LogP contribution in [0.15, 0.2) is 18.2 Å². The Bertz CT molecular complexity index is 479. The Labute approximate surface area is 104 Å². The Hall–Kier alpha value is -2.11. The van der Waals surface area contributed by atoms with E-state index in [4.69, 9.17) is 9.84 Å². The molecule has 0 aliphatic heterocycles. The van der Waals surface area contributed by atoms with Gasteiger partial charge in [0.2, 0.25) is 0 Å². The van der Waals surface area contributed by atoms with Crippen LogP contribution in [0.1, 0.15) is 31.1 Å². The van der Waals surface area contributed by atoms with Crippen molar-refractivity contribution in [2.45, 2.75) is 26.4 Å². The van der Waals surface area contributed by atoms with Gasteiger partial charge in [-0.05, 0) is 39.0 Å². The van der Waals surface area contributed by atoms with E-state index in [2.05, 4.69) is 5.32 Å². The first-order valence-corrected chi connectivity index (χ1v) is 5.22. The second kappa shape index (κ2) is 5.03. The molecule has 0 aliphatic carbocycles. The van der Waals surface area contributed by atoms with Crippen LogP contribution in [0, 0.1) is 5.82 Å². The minimum absolute atomic E-state index is 0.142. The van der Waals surface area contributed by atoms with Gasteiger partial charge in [0.25, 0.3) is 0 Å². The zero-order valence-electron chi connectivity index (χ0n) is 10.3. The summed E-state index contributed by atoms with van der Waals surface area (Å²) in [4.78, 5) is 22.4. The van der Waals surface area contributed by atoms with E-state index >= 15 is 0 Å². The van der Waals surface area contributed by atoms with Crippen molar-refractivity contribution in [3.63, 3.8) is 0 Å². The number of hydrogen-bond acceptors (Lipinski definition) is 3. The topological polar surface area (TPSA) is 75.6 Å². The summed E-state index contributed by atoms with van der Waals surface area (Å²) >= 11 is 0. The maximum absolute atomic E-state index is 13.0. The largest absolute Gasteiger partial charge is 0.478 e. The Morgan fingerprint density at radius 1 is 1.33 bits per heavy atom. The number of carbonyl (C=O) groups excluding carboxylic acids is 1. The third kappa shape index (κ3) is 4.04. The van der Waals surface area contributed by atoms with Gasteiger partial charge >= 0.3 is 12.1 Å². The summed E-state index contributed by atoms with van der Waals surface area (Å²) in [5.74, 6) is -1.91. The molecular formula is C12H14FNO4. The molecule has 0 saturated heterocycles. The molecule has 0 aliphatic rings. The summed E-state index contributed by atoms with van der Waals surface area (Å²) in [5, 5.41) is 11.1. The van der Waals surface area contributed by atoms with E-state index in [-0.39, 0.29) is 11.3 Å². The van der Waals surface area contributed by atoms with Gasteiger partial charge in [-0.1, -0.05) is 0 Å². The van der Waals surface area contributed by atoms with Crippen molar-refractivity contribution in [2.75, 3.05) is 5.32 Å².